The zero-order chi connectivity index (χ0) is 13.0. The lowest BCUT2D eigenvalue weighted by molar-refractivity contribution is -0.131. The molecule has 3 heteroatoms. The van der Waals surface area contributed by atoms with Crippen LogP contribution >= 0.6 is 0 Å². The van der Waals surface area contributed by atoms with Gasteiger partial charge in [-0.15, -0.1) is 0 Å². The third-order valence-corrected chi connectivity index (χ3v) is 4.99. The number of amides is 1. The molecule has 1 heterocycles. The molecule has 0 aromatic heterocycles. The van der Waals surface area contributed by atoms with Gasteiger partial charge in [-0.2, -0.15) is 0 Å². The van der Waals surface area contributed by atoms with Gasteiger partial charge in [0.15, 0.2) is 0 Å². The van der Waals surface area contributed by atoms with E-state index in [4.69, 9.17) is 0 Å². The van der Waals surface area contributed by atoms with Crippen molar-refractivity contribution < 1.29 is 4.79 Å². The summed E-state index contributed by atoms with van der Waals surface area (Å²) in [5.41, 5.74) is -0.127. The van der Waals surface area contributed by atoms with Crippen molar-refractivity contribution in [3.63, 3.8) is 0 Å². The molecule has 0 radical (unpaired) electrons. The highest BCUT2D eigenvalue weighted by Gasteiger charge is 2.40. The molecule has 0 spiro atoms. The summed E-state index contributed by atoms with van der Waals surface area (Å²) in [6, 6.07) is 0.423. The van der Waals surface area contributed by atoms with Crippen LogP contribution in [0.15, 0.2) is 0 Å². The molecule has 0 aromatic carbocycles. The molecule has 1 aliphatic carbocycles. The van der Waals surface area contributed by atoms with E-state index in [1.54, 1.807) is 0 Å². The molecular formula is C15H28N2O. The normalized spacial score (nSPS) is 37.2. The van der Waals surface area contributed by atoms with Crippen molar-refractivity contribution in [3.05, 3.63) is 0 Å². The topological polar surface area (TPSA) is 41.1 Å². The molecule has 3 atom stereocenters. The Morgan fingerprint density at radius 1 is 1.33 bits per heavy atom. The van der Waals surface area contributed by atoms with E-state index in [-0.39, 0.29) is 5.41 Å². The first-order chi connectivity index (χ1) is 8.66. The fraction of sp³-hybridized carbons (Fsp3) is 0.933. The maximum atomic E-state index is 12.5. The molecule has 2 aliphatic rings. The number of carbonyl (C=O) groups is 1. The average molecular weight is 252 g/mol. The number of nitrogens with one attached hydrogen (secondary N) is 2. The first-order valence-electron chi connectivity index (χ1n) is 7.68. The van der Waals surface area contributed by atoms with Crippen LogP contribution in [0, 0.1) is 11.3 Å². The van der Waals surface area contributed by atoms with E-state index in [1.807, 2.05) is 0 Å². The largest absolute Gasteiger partial charge is 0.353 e. The van der Waals surface area contributed by atoms with Gasteiger partial charge in [-0.1, -0.05) is 26.7 Å². The van der Waals surface area contributed by atoms with Gasteiger partial charge in [0.25, 0.3) is 0 Å². The van der Waals surface area contributed by atoms with E-state index in [0.29, 0.717) is 11.9 Å². The zero-order valence-corrected chi connectivity index (χ0v) is 11.9. The van der Waals surface area contributed by atoms with Crippen molar-refractivity contribution in [2.24, 2.45) is 11.3 Å². The zero-order valence-electron chi connectivity index (χ0n) is 11.9. The Kier molecular flexibility index (Phi) is 4.66. The molecule has 3 nitrogen and oxygen atoms in total. The standard InChI is InChI=1S/C15H28N2O/c1-3-15(9-10-16-11-15)14(18)17-13-6-4-5-12(2)7-8-13/h12-13,16H,3-11H2,1-2H3,(H,17,18). The maximum absolute atomic E-state index is 12.5. The van der Waals surface area contributed by atoms with Crippen LogP contribution in [-0.2, 0) is 4.79 Å². The molecule has 2 fully saturated rings. The molecule has 0 aromatic rings. The number of carbonyl (C=O) groups excluding carboxylic acids is 1. The SMILES string of the molecule is CCC1(C(=O)NC2CCCC(C)CC2)CCNC1. The van der Waals surface area contributed by atoms with Gasteiger partial charge in [-0.25, -0.2) is 0 Å². The van der Waals surface area contributed by atoms with Crippen LogP contribution in [0.2, 0.25) is 0 Å². The van der Waals surface area contributed by atoms with Crippen molar-refractivity contribution >= 4 is 5.91 Å². The second-order valence-electron chi connectivity index (χ2n) is 6.34. The highest BCUT2D eigenvalue weighted by Crippen LogP contribution is 2.30. The summed E-state index contributed by atoms with van der Waals surface area (Å²) in [6.07, 6.45) is 8.15. The fourth-order valence-electron chi connectivity index (χ4n) is 3.37. The highest BCUT2D eigenvalue weighted by molar-refractivity contribution is 5.83. The average Bonchev–Trinajstić information content (AvgIpc) is 2.77. The first kappa shape index (κ1) is 13.9. The minimum Gasteiger partial charge on any atom is -0.353 e. The molecule has 1 saturated carbocycles. The Morgan fingerprint density at radius 2 is 2.17 bits per heavy atom. The second-order valence-corrected chi connectivity index (χ2v) is 6.34. The molecule has 104 valence electrons. The van der Waals surface area contributed by atoms with Crippen LogP contribution in [0.5, 0.6) is 0 Å². The van der Waals surface area contributed by atoms with Crippen LogP contribution < -0.4 is 10.6 Å². The van der Waals surface area contributed by atoms with Crippen LogP contribution in [-0.4, -0.2) is 25.0 Å². The third-order valence-electron chi connectivity index (χ3n) is 4.99. The van der Waals surface area contributed by atoms with Gasteiger partial charge in [-0.3, -0.25) is 4.79 Å². The molecule has 2 N–H and O–H groups in total. The number of rotatable bonds is 3. The van der Waals surface area contributed by atoms with Gasteiger partial charge in [0.1, 0.15) is 0 Å². The third kappa shape index (κ3) is 3.05. The molecular weight excluding hydrogens is 224 g/mol. The minimum atomic E-state index is -0.127. The van der Waals surface area contributed by atoms with E-state index in [9.17, 15) is 4.79 Å². The van der Waals surface area contributed by atoms with Crippen LogP contribution in [0.25, 0.3) is 0 Å². The molecule has 3 unspecified atom stereocenters. The van der Waals surface area contributed by atoms with E-state index >= 15 is 0 Å². The molecule has 2 rings (SSSR count). The molecule has 1 amide bonds. The van der Waals surface area contributed by atoms with Crippen molar-refractivity contribution in [1.82, 2.24) is 10.6 Å². The van der Waals surface area contributed by atoms with Gasteiger partial charge in [0.2, 0.25) is 5.91 Å². The highest BCUT2D eigenvalue weighted by atomic mass is 16.2. The summed E-state index contributed by atoms with van der Waals surface area (Å²) >= 11 is 0. The maximum Gasteiger partial charge on any atom is 0.227 e. The molecule has 18 heavy (non-hydrogen) atoms. The van der Waals surface area contributed by atoms with Crippen molar-refractivity contribution in [2.75, 3.05) is 13.1 Å². The molecule has 0 bridgehead atoms. The smallest absolute Gasteiger partial charge is 0.227 e. The summed E-state index contributed by atoms with van der Waals surface area (Å²) in [7, 11) is 0. The van der Waals surface area contributed by atoms with Gasteiger partial charge in [-0.05, 0) is 44.6 Å². The van der Waals surface area contributed by atoms with Crippen molar-refractivity contribution in [2.45, 2.75) is 64.8 Å². The summed E-state index contributed by atoms with van der Waals surface area (Å²) in [5, 5.41) is 6.67. The Bertz CT molecular complexity index is 284. The summed E-state index contributed by atoms with van der Waals surface area (Å²) in [4.78, 5) is 12.5. The Labute approximate surface area is 111 Å². The van der Waals surface area contributed by atoms with E-state index < -0.39 is 0 Å². The Morgan fingerprint density at radius 3 is 2.83 bits per heavy atom. The van der Waals surface area contributed by atoms with E-state index in [0.717, 1.165) is 31.8 Å². The summed E-state index contributed by atoms with van der Waals surface area (Å²) in [5.74, 6) is 1.13. The second kappa shape index (κ2) is 6.05. The lowest BCUT2D eigenvalue weighted by Crippen LogP contribution is -2.46. The fourth-order valence-corrected chi connectivity index (χ4v) is 3.37. The predicted molar refractivity (Wildman–Crippen MR) is 74.4 cm³/mol. The Balaban J connectivity index is 1.90. The van der Waals surface area contributed by atoms with Gasteiger partial charge in [0, 0.05) is 12.6 Å². The van der Waals surface area contributed by atoms with E-state index in [2.05, 4.69) is 24.5 Å². The quantitative estimate of drug-likeness (QED) is 0.758. The summed E-state index contributed by atoms with van der Waals surface area (Å²) in [6.45, 7) is 6.32. The Hall–Kier alpha value is -0.570. The molecule has 1 aliphatic heterocycles. The number of hydrogen-bond acceptors (Lipinski definition) is 2. The van der Waals surface area contributed by atoms with Gasteiger partial charge >= 0.3 is 0 Å². The first-order valence-corrected chi connectivity index (χ1v) is 7.68. The minimum absolute atomic E-state index is 0.127. The van der Waals surface area contributed by atoms with Crippen LogP contribution in [0.1, 0.15) is 58.8 Å². The van der Waals surface area contributed by atoms with Gasteiger partial charge in [0.05, 0.1) is 5.41 Å². The van der Waals surface area contributed by atoms with Crippen LogP contribution in [0.4, 0.5) is 0 Å². The number of hydrogen-bond donors (Lipinski definition) is 2. The van der Waals surface area contributed by atoms with Crippen molar-refractivity contribution in [1.29, 1.82) is 0 Å². The van der Waals surface area contributed by atoms with Crippen LogP contribution in [0.3, 0.4) is 0 Å². The molecule has 1 saturated heterocycles. The van der Waals surface area contributed by atoms with Crippen molar-refractivity contribution in [3.8, 4) is 0 Å². The lowest BCUT2D eigenvalue weighted by Gasteiger charge is -2.28. The van der Waals surface area contributed by atoms with E-state index in [1.165, 1.54) is 32.1 Å². The monoisotopic (exact) mass is 252 g/mol. The lowest BCUT2D eigenvalue weighted by atomic mass is 9.83. The van der Waals surface area contributed by atoms with Gasteiger partial charge < -0.3 is 10.6 Å². The summed E-state index contributed by atoms with van der Waals surface area (Å²) < 4.78 is 0. The predicted octanol–water partition coefficient (Wildman–Crippen LogP) is 2.46.